The Kier molecular flexibility index (Phi) is 8.57. The van der Waals surface area contributed by atoms with Crippen LogP contribution in [0.1, 0.15) is 31.4 Å². The molecule has 0 saturated carbocycles. The number of likely N-dealkylation sites (N-methyl/N-ethyl adjacent to an activating group) is 1. The smallest absolute Gasteiger partial charge is 0.308 e. The van der Waals surface area contributed by atoms with Crippen LogP contribution in [0.5, 0.6) is 5.75 Å². The molecule has 0 radical (unpaired) electrons. The molecule has 1 saturated heterocycles. The number of hydrogen-bond acceptors (Lipinski definition) is 5. The Morgan fingerprint density at radius 1 is 1.25 bits per heavy atom. The zero-order chi connectivity index (χ0) is 20.5. The number of esters is 1. The number of ether oxygens (including phenoxy) is 2. The molecule has 7 nitrogen and oxygen atoms in total. The summed E-state index contributed by atoms with van der Waals surface area (Å²) < 4.78 is 10.1. The molecule has 1 aliphatic heterocycles. The number of aliphatic imine (C=N–C) groups is 1. The first-order chi connectivity index (χ1) is 13.5. The molecule has 1 aromatic carbocycles. The summed E-state index contributed by atoms with van der Waals surface area (Å²) in [6, 6.07) is 8.32. The Bertz CT molecular complexity index is 638. The second-order valence-corrected chi connectivity index (χ2v) is 7.23. The molecule has 0 aliphatic carbocycles. The number of likely N-dealkylation sites (tertiary alicyclic amines) is 1. The van der Waals surface area contributed by atoms with Crippen molar-refractivity contribution >= 4 is 11.9 Å². The first-order valence-corrected chi connectivity index (χ1v) is 9.91. The van der Waals surface area contributed by atoms with Crippen LogP contribution in [0.15, 0.2) is 29.3 Å². The lowest BCUT2D eigenvalue weighted by atomic mass is 9.97. The van der Waals surface area contributed by atoms with Crippen LogP contribution in [-0.2, 0) is 9.53 Å². The van der Waals surface area contributed by atoms with Crippen LogP contribution >= 0.6 is 0 Å². The van der Waals surface area contributed by atoms with Gasteiger partial charge in [-0.3, -0.25) is 9.79 Å². The van der Waals surface area contributed by atoms with Gasteiger partial charge in [-0.25, -0.2) is 0 Å². The second kappa shape index (κ2) is 10.9. The first-order valence-electron chi connectivity index (χ1n) is 9.91. The highest BCUT2D eigenvalue weighted by Gasteiger charge is 2.27. The van der Waals surface area contributed by atoms with Crippen LogP contribution in [0.2, 0.25) is 0 Å². The lowest BCUT2D eigenvalue weighted by Gasteiger charge is -2.33. The van der Waals surface area contributed by atoms with Crippen molar-refractivity contribution in [1.82, 2.24) is 15.1 Å². The largest absolute Gasteiger partial charge is 0.497 e. The van der Waals surface area contributed by atoms with Gasteiger partial charge in [-0.15, -0.1) is 0 Å². The van der Waals surface area contributed by atoms with E-state index in [4.69, 9.17) is 14.5 Å². The van der Waals surface area contributed by atoms with Crippen LogP contribution < -0.4 is 10.1 Å². The third kappa shape index (κ3) is 5.86. The first kappa shape index (κ1) is 22.0. The van der Waals surface area contributed by atoms with Gasteiger partial charge in [0.15, 0.2) is 5.96 Å². The third-order valence-corrected chi connectivity index (χ3v) is 5.20. The van der Waals surface area contributed by atoms with Gasteiger partial charge < -0.3 is 24.6 Å². The highest BCUT2D eigenvalue weighted by atomic mass is 16.5. The van der Waals surface area contributed by atoms with Crippen molar-refractivity contribution in [2.45, 2.75) is 25.8 Å². The number of rotatable bonds is 7. The summed E-state index contributed by atoms with van der Waals surface area (Å²) in [6.07, 6.45) is 1.60. The number of hydrogen-bond donors (Lipinski definition) is 1. The number of carbonyl (C=O) groups excluding carboxylic acids is 1. The summed E-state index contributed by atoms with van der Waals surface area (Å²) in [6.45, 7) is 5.15. The number of carbonyl (C=O) groups is 1. The number of nitrogens with zero attached hydrogens (tertiary/aromatic N) is 3. The molecule has 2 rings (SSSR count). The minimum absolute atomic E-state index is 0.00190. The SMILES string of the molecule is CCNC(=NCC(c1ccc(OC)cc1)N(C)C)N1CCC(C(=O)OC)CC1. The van der Waals surface area contributed by atoms with Crippen molar-refractivity contribution in [1.29, 1.82) is 0 Å². The molecule has 1 fully saturated rings. The number of guanidine groups is 1. The van der Waals surface area contributed by atoms with Gasteiger partial charge in [-0.2, -0.15) is 0 Å². The maximum absolute atomic E-state index is 11.8. The lowest BCUT2D eigenvalue weighted by Crippen LogP contribution is -2.47. The van der Waals surface area contributed by atoms with E-state index >= 15 is 0 Å². The van der Waals surface area contributed by atoms with E-state index in [1.165, 1.54) is 12.7 Å². The van der Waals surface area contributed by atoms with Crippen LogP contribution in [0, 0.1) is 5.92 Å². The molecule has 0 amide bonds. The Balaban J connectivity index is 2.07. The van der Waals surface area contributed by atoms with Gasteiger partial charge in [0.1, 0.15) is 5.75 Å². The van der Waals surface area contributed by atoms with Gasteiger partial charge in [0, 0.05) is 19.6 Å². The molecule has 1 heterocycles. The molecule has 1 atom stereocenters. The Morgan fingerprint density at radius 3 is 2.39 bits per heavy atom. The maximum atomic E-state index is 11.8. The van der Waals surface area contributed by atoms with E-state index in [9.17, 15) is 4.79 Å². The summed E-state index contributed by atoms with van der Waals surface area (Å²) in [5.74, 6) is 1.66. The lowest BCUT2D eigenvalue weighted by molar-refractivity contribution is -0.146. The molecule has 0 spiro atoms. The molecule has 1 unspecified atom stereocenters. The molecular formula is C21H34N4O3. The molecular weight excluding hydrogens is 356 g/mol. The van der Waals surface area contributed by atoms with Crippen LogP contribution in [0.25, 0.3) is 0 Å². The number of nitrogens with one attached hydrogen (secondary N) is 1. The molecule has 0 aromatic heterocycles. The molecule has 1 aliphatic rings. The van der Waals surface area contributed by atoms with E-state index in [0.717, 1.165) is 44.2 Å². The quantitative estimate of drug-likeness (QED) is 0.437. The number of piperidine rings is 1. The fraction of sp³-hybridized carbons (Fsp3) is 0.619. The predicted molar refractivity (Wildman–Crippen MR) is 112 cm³/mol. The molecule has 0 bridgehead atoms. The van der Waals surface area contributed by atoms with Crippen LogP contribution in [-0.4, -0.2) is 76.2 Å². The van der Waals surface area contributed by atoms with Crippen LogP contribution in [0.3, 0.4) is 0 Å². The second-order valence-electron chi connectivity index (χ2n) is 7.23. The van der Waals surface area contributed by atoms with Crippen molar-refractivity contribution < 1.29 is 14.3 Å². The van der Waals surface area contributed by atoms with Gasteiger partial charge in [0.25, 0.3) is 0 Å². The Hall–Kier alpha value is -2.28. The Morgan fingerprint density at radius 2 is 1.89 bits per heavy atom. The number of methoxy groups -OCH3 is 2. The molecule has 7 heteroatoms. The minimum atomic E-state index is -0.103. The fourth-order valence-corrected chi connectivity index (χ4v) is 3.49. The normalized spacial score (nSPS) is 16.8. The van der Waals surface area contributed by atoms with E-state index < -0.39 is 0 Å². The average Bonchev–Trinajstić information content (AvgIpc) is 2.73. The summed E-state index contributed by atoms with van der Waals surface area (Å²) in [4.78, 5) is 21.1. The standard InChI is InChI=1S/C21H34N4O3/c1-6-22-21(25-13-11-17(12-14-25)20(26)28-5)23-15-19(24(2)3)16-7-9-18(27-4)10-8-16/h7-10,17,19H,6,11-15H2,1-5H3,(H,22,23). The van der Waals surface area contributed by atoms with Gasteiger partial charge in [0.05, 0.1) is 32.7 Å². The van der Waals surface area contributed by atoms with Gasteiger partial charge >= 0.3 is 5.97 Å². The summed E-state index contributed by atoms with van der Waals surface area (Å²) in [5, 5.41) is 3.40. The van der Waals surface area contributed by atoms with Gasteiger partial charge in [-0.05, 0) is 51.6 Å². The van der Waals surface area contributed by atoms with E-state index in [0.29, 0.717) is 6.54 Å². The van der Waals surface area contributed by atoms with Crippen molar-refractivity contribution in [3.05, 3.63) is 29.8 Å². The van der Waals surface area contributed by atoms with E-state index in [1.807, 2.05) is 12.1 Å². The fourth-order valence-electron chi connectivity index (χ4n) is 3.49. The van der Waals surface area contributed by atoms with E-state index in [1.54, 1.807) is 7.11 Å². The Labute approximate surface area is 168 Å². The topological polar surface area (TPSA) is 66.4 Å². The summed E-state index contributed by atoms with van der Waals surface area (Å²) in [5.41, 5.74) is 1.20. The average molecular weight is 391 g/mol. The monoisotopic (exact) mass is 390 g/mol. The van der Waals surface area contributed by atoms with Gasteiger partial charge in [-0.1, -0.05) is 12.1 Å². The maximum Gasteiger partial charge on any atom is 0.308 e. The predicted octanol–water partition coefficient (Wildman–Crippen LogP) is 2.15. The van der Waals surface area contributed by atoms with Crippen LogP contribution in [0.4, 0.5) is 0 Å². The third-order valence-electron chi connectivity index (χ3n) is 5.20. The molecule has 28 heavy (non-hydrogen) atoms. The summed E-state index contributed by atoms with van der Waals surface area (Å²) >= 11 is 0. The van der Waals surface area contributed by atoms with E-state index in [-0.39, 0.29) is 17.9 Å². The molecule has 156 valence electrons. The van der Waals surface area contributed by atoms with Crippen molar-refractivity contribution in [2.75, 3.05) is 54.5 Å². The molecule has 1 aromatic rings. The van der Waals surface area contributed by atoms with Crippen molar-refractivity contribution in [3.63, 3.8) is 0 Å². The van der Waals surface area contributed by atoms with Gasteiger partial charge in [0.2, 0.25) is 0 Å². The zero-order valence-corrected chi connectivity index (χ0v) is 17.8. The van der Waals surface area contributed by atoms with Crippen molar-refractivity contribution in [3.8, 4) is 5.75 Å². The highest BCUT2D eigenvalue weighted by Crippen LogP contribution is 2.22. The number of benzene rings is 1. The molecule has 1 N–H and O–H groups in total. The minimum Gasteiger partial charge on any atom is -0.497 e. The zero-order valence-electron chi connectivity index (χ0n) is 17.8. The van der Waals surface area contributed by atoms with Crippen molar-refractivity contribution in [2.24, 2.45) is 10.9 Å². The van der Waals surface area contributed by atoms with E-state index in [2.05, 4.69) is 48.3 Å². The summed E-state index contributed by atoms with van der Waals surface area (Å²) in [7, 11) is 7.27. The highest BCUT2D eigenvalue weighted by molar-refractivity contribution is 5.80.